The molecule has 0 bridgehead atoms. The molecule has 0 spiro atoms. The molecule has 1 aromatic rings. The number of hydrogen-bond donors (Lipinski definition) is 0. The molecule has 0 amide bonds. The number of fused-ring (bicyclic) bond motifs is 1. The lowest BCUT2D eigenvalue weighted by Crippen LogP contribution is -2.13. The number of aromatic nitrogens is 1. The van der Waals surface area contributed by atoms with Crippen LogP contribution in [0.1, 0.15) is 84.0 Å². The van der Waals surface area contributed by atoms with Gasteiger partial charge in [0.05, 0.1) is 0 Å². The van der Waals surface area contributed by atoms with Crippen LogP contribution in [0, 0.1) is 0 Å². The van der Waals surface area contributed by atoms with Gasteiger partial charge in [-0.2, -0.15) is 0 Å². The third-order valence-corrected chi connectivity index (χ3v) is 4.68. The van der Waals surface area contributed by atoms with E-state index in [9.17, 15) is 0 Å². The first kappa shape index (κ1) is 18.2. The summed E-state index contributed by atoms with van der Waals surface area (Å²) < 4.78 is 13.4. The Bertz CT molecular complexity index is 390. The van der Waals surface area contributed by atoms with Gasteiger partial charge in [0.15, 0.2) is 11.5 Å². The maximum absolute atomic E-state index is 5.57. The van der Waals surface area contributed by atoms with E-state index < -0.39 is 0 Å². The standard InChI is InChI=1S/C20H35NO2/c1-2-3-4-5-6-7-8-9-10-11-12-13-14-21-17-19-20(18-21)23-16-15-22-19/h17-18H,2-16H2,1H3. The lowest BCUT2D eigenvalue weighted by molar-refractivity contribution is 0.173. The number of aryl methyl sites for hydroxylation is 1. The van der Waals surface area contributed by atoms with Crippen LogP contribution in [0.25, 0.3) is 0 Å². The highest BCUT2D eigenvalue weighted by Crippen LogP contribution is 2.31. The molecule has 0 atom stereocenters. The Kier molecular flexibility index (Phi) is 9.05. The molecule has 0 saturated heterocycles. The Labute approximate surface area is 142 Å². The Morgan fingerprint density at radius 2 is 1.13 bits per heavy atom. The van der Waals surface area contributed by atoms with Crippen LogP contribution in [-0.2, 0) is 6.54 Å². The van der Waals surface area contributed by atoms with Crippen LogP contribution < -0.4 is 9.47 Å². The highest BCUT2D eigenvalue weighted by Gasteiger charge is 2.13. The number of nitrogens with zero attached hydrogens (tertiary/aromatic N) is 1. The normalized spacial score (nSPS) is 13.4. The van der Waals surface area contributed by atoms with Crippen molar-refractivity contribution in [3.05, 3.63) is 12.4 Å². The number of unbranched alkanes of at least 4 members (excludes halogenated alkanes) is 11. The Hall–Kier alpha value is -1.12. The van der Waals surface area contributed by atoms with Gasteiger partial charge < -0.3 is 14.0 Å². The summed E-state index contributed by atoms with van der Waals surface area (Å²) in [7, 11) is 0. The number of rotatable bonds is 13. The molecule has 3 heteroatoms. The lowest BCUT2D eigenvalue weighted by atomic mass is 10.1. The molecule has 132 valence electrons. The maximum atomic E-state index is 5.57. The SMILES string of the molecule is CCCCCCCCCCCCCCn1cc2c(c1)OCCO2. The van der Waals surface area contributed by atoms with E-state index in [1.165, 1.54) is 77.0 Å². The second-order valence-electron chi connectivity index (χ2n) is 6.81. The largest absolute Gasteiger partial charge is 0.485 e. The molecular formula is C20H35NO2. The van der Waals surface area contributed by atoms with Crippen molar-refractivity contribution < 1.29 is 9.47 Å². The predicted octanol–water partition coefficient (Wildman–Crippen LogP) is 5.96. The fourth-order valence-electron chi connectivity index (χ4n) is 3.25. The van der Waals surface area contributed by atoms with E-state index in [-0.39, 0.29) is 0 Å². The van der Waals surface area contributed by atoms with Gasteiger partial charge >= 0.3 is 0 Å². The molecule has 0 unspecified atom stereocenters. The van der Waals surface area contributed by atoms with Crippen LogP contribution >= 0.6 is 0 Å². The molecule has 0 radical (unpaired) electrons. The fraction of sp³-hybridized carbons (Fsp3) is 0.800. The topological polar surface area (TPSA) is 23.4 Å². The third kappa shape index (κ3) is 7.32. The minimum absolute atomic E-state index is 0.676. The number of ether oxygens (including phenoxy) is 2. The minimum Gasteiger partial charge on any atom is -0.485 e. The molecule has 1 aliphatic rings. The van der Waals surface area contributed by atoms with Crippen molar-refractivity contribution in [2.45, 2.75) is 90.5 Å². The van der Waals surface area contributed by atoms with Crippen molar-refractivity contribution in [1.82, 2.24) is 4.57 Å². The quantitative estimate of drug-likeness (QED) is 0.418. The molecule has 0 fully saturated rings. The summed E-state index contributed by atoms with van der Waals surface area (Å²) in [5, 5.41) is 0. The molecule has 1 aliphatic heterocycles. The molecule has 0 aliphatic carbocycles. The van der Waals surface area contributed by atoms with E-state index in [0.717, 1.165) is 18.0 Å². The van der Waals surface area contributed by atoms with Gasteiger partial charge in [-0.1, -0.05) is 77.6 Å². The van der Waals surface area contributed by atoms with E-state index in [1.807, 2.05) is 0 Å². The van der Waals surface area contributed by atoms with Crippen molar-refractivity contribution in [3.8, 4) is 11.5 Å². The summed E-state index contributed by atoms with van der Waals surface area (Å²) in [5.41, 5.74) is 0. The Balaban J connectivity index is 1.39. The van der Waals surface area contributed by atoms with Gasteiger partial charge in [0.2, 0.25) is 0 Å². The fourth-order valence-corrected chi connectivity index (χ4v) is 3.25. The first-order valence-corrected chi connectivity index (χ1v) is 9.85. The highest BCUT2D eigenvalue weighted by molar-refractivity contribution is 5.38. The molecule has 3 nitrogen and oxygen atoms in total. The first-order chi connectivity index (χ1) is 11.4. The second kappa shape index (κ2) is 11.4. The van der Waals surface area contributed by atoms with Crippen LogP contribution in [0.3, 0.4) is 0 Å². The molecule has 2 rings (SSSR count). The molecule has 2 heterocycles. The summed E-state index contributed by atoms with van der Waals surface area (Å²) in [4.78, 5) is 0. The van der Waals surface area contributed by atoms with E-state index >= 15 is 0 Å². The first-order valence-electron chi connectivity index (χ1n) is 9.85. The minimum atomic E-state index is 0.676. The van der Waals surface area contributed by atoms with Gasteiger partial charge in [-0.3, -0.25) is 0 Å². The van der Waals surface area contributed by atoms with Crippen LogP contribution in [0.15, 0.2) is 12.4 Å². The zero-order valence-electron chi connectivity index (χ0n) is 15.0. The van der Waals surface area contributed by atoms with E-state index in [0.29, 0.717) is 13.2 Å². The van der Waals surface area contributed by atoms with Gasteiger partial charge in [0, 0.05) is 18.9 Å². The zero-order valence-corrected chi connectivity index (χ0v) is 15.0. The Morgan fingerprint density at radius 3 is 1.61 bits per heavy atom. The van der Waals surface area contributed by atoms with Crippen LogP contribution in [0.2, 0.25) is 0 Å². The molecule has 0 N–H and O–H groups in total. The molecular weight excluding hydrogens is 286 g/mol. The van der Waals surface area contributed by atoms with Crippen molar-refractivity contribution in [3.63, 3.8) is 0 Å². The zero-order chi connectivity index (χ0) is 16.2. The summed E-state index contributed by atoms with van der Waals surface area (Å²) in [6.45, 7) is 4.72. The second-order valence-corrected chi connectivity index (χ2v) is 6.81. The van der Waals surface area contributed by atoms with E-state index in [1.54, 1.807) is 0 Å². The number of hydrogen-bond acceptors (Lipinski definition) is 2. The van der Waals surface area contributed by atoms with Crippen molar-refractivity contribution >= 4 is 0 Å². The highest BCUT2D eigenvalue weighted by atomic mass is 16.6. The average molecular weight is 322 g/mol. The van der Waals surface area contributed by atoms with Crippen LogP contribution in [0.5, 0.6) is 11.5 Å². The summed E-state index contributed by atoms with van der Waals surface area (Å²) in [6.07, 6.45) is 20.9. The summed E-state index contributed by atoms with van der Waals surface area (Å²) >= 11 is 0. The molecule has 0 aromatic carbocycles. The van der Waals surface area contributed by atoms with E-state index in [2.05, 4.69) is 23.9 Å². The Morgan fingerprint density at radius 1 is 0.696 bits per heavy atom. The van der Waals surface area contributed by atoms with Crippen LogP contribution in [-0.4, -0.2) is 17.8 Å². The van der Waals surface area contributed by atoms with Crippen molar-refractivity contribution in [2.75, 3.05) is 13.2 Å². The van der Waals surface area contributed by atoms with Crippen molar-refractivity contribution in [2.24, 2.45) is 0 Å². The summed E-state index contributed by atoms with van der Waals surface area (Å²) in [5.74, 6) is 1.82. The predicted molar refractivity (Wildman–Crippen MR) is 96.5 cm³/mol. The van der Waals surface area contributed by atoms with Gasteiger partial charge in [0.25, 0.3) is 0 Å². The lowest BCUT2D eigenvalue weighted by Gasteiger charge is -2.13. The maximum Gasteiger partial charge on any atom is 0.179 e. The van der Waals surface area contributed by atoms with Gasteiger partial charge in [-0.15, -0.1) is 0 Å². The van der Waals surface area contributed by atoms with Crippen molar-refractivity contribution in [1.29, 1.82) is 0 Å². The van der Waals surface area contributed by atoms with E-state index in [4.69, 9.17) is 9.47 Å². The monoisotopic (exact) mass is 321 g/mol. The molecule has 0 saturated carbocycles. The smallest absolute Gasteiger partial charge is 0.179 e. The molecule has 1 aromatic heterocycles. The van der Waals surface area contributed by atoms with Gasteiger partial charge in [-0.25, -0.2) is 0 Å². The van der Waals surface area contributed by atoms with Crippen LogP contribution in [0.4, 0.5) is 0 Å². The average Bonchev–Trinajstić information content (AvgIpc) is 2.98. The third-order valence-electron chi connectivity index (χ3n) is 4.68. The van der Waals surface area contributed by atoms with Gasteiger partial charge in [-0.05, 0) is 6.42 Å². The van der Waals surface area contributed by atoms with Gasteiger partial charge in [0.1, 0.15) is 13.2 Å². The molecule has 23 heavy (non-hydrogen) atoms. The summed E-state index contributed by atoms with van der Waals surface area (Å²) in [6, 6.07) is 0.